The van der Waals surface area contributed by atoms with Gasteiger partial charge in [-0.1, -0.05) is 30.3 Å². The van der Waals surface area contributed by atoms with Crippen molar-refractivity contribution in [1.29, 1.82) is 0 Å². The van der Waals surface area contributed by atoms with E-state index in [9.17, 15) is 4.79 Å². The van der Waals surface area contributed by atoms with Crippen LogP contribution in [0.4, 0.5) is 0 Å². The lowest BCUT2D eigenvalue weighted by atomic mass is 10.2. The maximum atomic E-state index is 11.8. The summed E-state index contributed by atoms with van der Waals surface area (Å²) in [5.74, 6) is 1.34. The van der Waals surface area contributed by atoms with Gasteiger partial charge < -0.3 is 20.1 Å². The van der Waals surface area contributed by atoms with E-state index in [4.69, 9.17) is 9.47 Å². The van der Waals surface area contributed by atoms with Gasteiger partial charge in [0.25, 0.3) is 5.91 Å². The molecule has 1 aliphatic rings. The molecule has 1 aliphatic heterocycles. The predicted octanol–water partition coefficient (Wildman–Crippen LogP) is 2.12. The van der Waals surface area contributed by atoms with Crippen molar-refractivity contribution in [3.8, 4) is 11.5 Å². The summed E-state index contributed by atoms with van der Waals surface area (Å²) in [5, 5.41) is 6.16. The number of rotatable bonds is 7. The predicted molar refractivity (Wildman–Crippen MR) is 92.1 cm³/mol. The van der Waals surface area contributed by atoms with Crippen molar-refractivity contribution in [3.05, 3.63) is 60.2 Å². The monoisotopic (exact) mass is 326 g/mol. The highest BCUT2D eigenvalue weighted by Gasteiger charge is 2.16. The van der Waals surface area contributed by atoms with Gasteiger partial charge in [-0.15, -0.1) is 0 Å². The first-order valence-corrected chi connectivity index (χ1v) is 8.19. The van der Waals surface area contributed by atoms with E-state index < -0.39 is 0 Å². The summed E-state index contributed by atoms with van der Waals surface area (Å²) in [6.45, 7) is 2.34. The minimum absolute atomic E-state index is 0.0285. The molecule has 0 bridgehead atoms. The second-order valence-corrected chi connectivity index (χ2v) is 5.79. The topological polar surface area (TPSA) is 59.6 Å². The van der Waals surface area contributed by atoms with E-state index >= 15 is 0 Å². The van der Waals surface area contributed by atoms with Crippen molar-refractivity contribution in [2.75, 3.05) is 19.7 Å². The Morgan fingerprint density at radius 3 is 2.42 bits per heavy atom. The summed E-state index contributed by atoms with van der Waals surface area (Å²) in [5.41, 5.74) is 1.12. The van der Waals surface area contributed by atoms with Gasteiger partial charge in [-0.05, 0) is 42.8 Å². The van der Waals surface area contributed by atoms with Crippen molar-refractivity contribution >= 4 is 5.91 Å². The highest BCUT2D eigenvalue weighted by Crippen LogP contribution is 2.18. The number of benzene rings is 2. The Labute approximate surface area is 142 Å². The average molecular weight is 326 g/mol. The SMILES string of the molecule is O=C(COc1ccc(OCc2ccccc2)cc1)NC1CCNC1. The van der Waals surface area contributed by atoms with E-state index in [1.54, 1.807) is 0 Å². The van der Waals surface area contributed by atoms with Gasteiger partial charge in [0.15, 0.2) is 6.61 Å². The van der Waals surface area contributed by atoms with Crippen molar-refractivity contribution in [3.63, 3.8) is 0 Å². The Morgan fingerprint density at radius 2 is 1.75 bits per heavy atom. The molecule has 2 aromatic rings. The lowest BCUT2D eigenvalue weighted by Gasteiger charge is -2.12. The third-order valence-electron chi connectivity index (χ3n) is 3.87. The molecule has 0 spiro atoms. The van der Waals surface area contributed by atoms with Gasteiger partial charge in [0.2, 0.25) is 0 Å². The highest BCUT2D eigenvalue weighted by atomic mass is 16.5. The fraction of sp³-hybridized carbons (Fsp3) is 0.316. The molecule has 126 valence electrons. The third-order valence-corrected chi connectivity index (χ3v) is 3.87. The Balaban J connectivity index is 1.41. The number of carbonyl (C=O) groups excluding carboxylic acids is 1. The van der Waals surface area contributed by atoms with Crippen LogP contribution in [0.2, 0.25) is 0 Å². The van der Waals surface area contributed by atoms with E-state index in [2.05, 4.69) is 10.6 Å². The highest BCUT2D eigenvalue weighted by molar-refractivity contribution is 5.77. The summed E-state index contributed by atoms with van der Waals surface area (Å²) in [6, 6.07) is 17.5. The number of hydrogen-bond donors (Lipinski definition) is 2. The molecule has 1 saturated heterocycles. The van der Waals surface area contributed by atoms with Crippen LogP contribution in [-0.4, -0.2) is 31.6 Å². The largest absolute Gasteiger partial charge is 0.489 e. The maximum absolute atomic E-state index is 11.8. The van der Waals surface area contributed by atoms with Gasteiger partial charge in [0, 0.05) is 12.6 Å². The summed E-state index contributed by atoms with van der Waals surface area (Å²) in [7, 11) is 0. The van der Waals surface area contributed by atoms with Crippen molar-refractivity contribution in [1.82, 2.24) is 10.6 Å². The lowest BCUT2D eigenvalue weighted by molar-refractivity contribution is -0.123. The number of nitrogens with one attached hydrogen (secondary N) is 2. The van der Waals surface area contributed by atoms with Gasteiger partial charge in [-0.2, -0.15) is 0 Å². The summed E-state index contributed by atoms with van der Waals surface area (Å²) < 4.78 is 11.2. The molecule has 2 N–H and O–H groups in total. The molecular weight excluding hydrogens is 304 g/mol. The zero-order valence-electron chi connectivity index (χ0n) is 13.5. The summed E-state index contributed by atoms with van der Waals surface area (Å²) in [6.07, 6.45) is 0.971. The molecule has 0 aliphatic carbocycles. The van der Waals surface area contributed by atoms with E-state index in [-0.39, 0.29) is 18.6 Å². The molecule has 5 nitrogen and oxygen atoms in total. The van der Waals surface area contributed by atoms with Gasteiger partial charge in [-0.3, -0.25) is 4.79 Å². The fourth-order valence-corrected chi connectivity index (χ4v) is 2.57. The van der Waals surface area contributed by atoms with Crippen LogP contribution in [0.1, 0.15) is 12.0 Å². The summed E-state index contributed by atoms with van der Waals surface area (Å²) in [4.78, 5) is 11.8. The van der Waals surface area contributed by atoms with Gasteiger partial charge in [-0.25, -0.2) is 0 Å². The van der Waals surface area contributed by atoms with Crippen LogP contribution in [0.15, 0.2) is 54.6 Å². The van der Waals surface area contributed by atoms with Crippen molar-refractivity contribution in [2.24, 2.45) is 0 Å². The van der Waals surface area contributed by atoms with Gasteiger partial charge in [0.05, 0.1) is 0 Å². The molecule has 24 heavy (non-hydrogen) atoms. The van der Waals surface area contributed by atoms with Crippen LogP contribution in [0, 0.1) is 0 Å². The Kier molecular flexibility index (Phi) is 5.69. The molecule has 0 saturated carbocycles. The first kappa shape index (κ1) is 16.3. The second-order valence-electron chi connectivity index (χ2n) is 5.79. The van der Waals surface area contributed by atoms with Crippen LogP contribution in [0.25, 0.3) is 0 Å². The van der Waals surface area contributed by atoms with Crippen LogP contribution in [-0.2, 0) is 11.4 Å². The van der Waals surface area contributed by atoms with E-state index in [0.29, 0.717) is 12.4 Å². The van der Waals surface area contributed by atoms with Crippen LogP contribution in [0.5, 0.6) is 11.5 Å². The molecule has 1 atom stereocenters. The molecule has 1 fully saturated rings. The molecule has 2 aromatic carbocycles. The molecule has 5 heteroatoms. The molecule has 3 rings (SSSR count). The van der Waals surface area contributed by atoms with Gasteiger partial charge >= 0.3 is 0 Å². The Hall–Kier alpha value is -2.53. The maximum Gasteiger partial charge on any atom is 0.258 e. The fourth-order valence-electron chi connectivity index (χ4n) is 2.57. The van der Waals surface area contributed by atoms with Crippen molar-refractivity contribution < 1.29 is 14.3 Å². The second kappa shape index (κ2) is 8.36. The zero-order chi connectivity index (χ0) is 16.6. The number of amides is 1. The number of hydrogen-bond acceptors (Lipinski definition) is 4. The molecule has 1 unspecified atom stereocenters. The Bertz CT molecular complexity index is 637. The number of ether oxygens (including phenoxy) is 2. The smallest absolute Gasteiger partial charge is 0.258 e. The lowest BCUT2D eigenvalue weighted by Crippen LogP contribution is -2.39. The van der Waals surface area contributed by atoms with Crippen LogP contribution in [0.3, 0.4) is 0 Å². The molecular formula is C19H22N2O3. The molecule has 1 amide bonds. The Morgan fingerprint density at radius 1 is 1.04 bits per heavy atom. The van der Waals surface area contributed by atoms with E-state index in [0.717, 1.165) is 30.8 Å². The number of carbonyl (C=O) groups is 1. The average Bonchev–Trinajstić information content (AvgIpc) is 3.13. The molecule has 1 heterocycles. The quantitative estimate of drug-likeness (QED) is 0.818. The first-order chi connectivity index (χ1) is 11.8. The standard InChI is InChI=1S/C19H22N2O3/c22-19(21-16-10-11-20-12-16)14-24-18-8-6-17(7-9-18)23-13-15-4-2-1-3-5-15/h1-9,16,20H,10-14H2,(H,21,22). The van der Waals surface area contributed by atoms with E-state index in [1.807, 2.05) is 54.6 Å². The van der Waals surface area contributed by atoms with Crippen molar-refractivity contribution in [2.45, 2.75) is 19.1 Å². The summed E-state index contributed by atoms with van der Waals surface area (Å²) >= 11 is 0. The van der Waals surface area contributed by atoms with Gasteiger partial charge in [0.1, 0.15) is 18.1 Å². The van der Waals surface area contributed by atoms with Crippen LogP contribution < -0.4 is 20.1 Å². The normalized spacial score (nSPS) is 16.6. The third kappa shape index (κ3) is 4.99. The zero-order valence-corrected chi connectivity index (χ0v) is 13.5. The minimum Gasteiger partial charge on any atom is -0.489 e. The molecule has 0 radical (unpaired) electrons. The van der Waals surface area contributed by atoms with Crippen LogP contribution >= 0.6 is 0 Å². The minimum atomic E-state index is -0.0897. The first-order valence-electron chi connectivity index (χ1n) is 8.19. The molecule has 0 aromatic heterocycles. The van der Waals surface area contributed by atoms with E-state index in [1.165, 1.54) is 0 Å².